The summed E-state index contributed by atoms with van der Waals surface area (Å²) in [6.07, 6.45) is 1.12. The smallest absolute Gasteiger partial charge is 0.261 e. The topological polar surface area (TPSA) is 120 Å². The van der Waals surface area contributed by atoms with Crippen LogP contribution in [-0.4, -0.2) is 52.5 Å². The zero-order valence-electron chi connectivity index (χ0n) is 19.8. The van der Waals surface area contributed by atoms with Gasteiger partial charge < -0.3 is 20.9 Å². The van der Waals surface area contributed by atoms with Crippen LogP contribution in [0.1, 0.15) is 44.0 Å². The molecule has 0 radical (unpaired) electrons. The lowest BCUT2D eigenvalue weighted by molar-refractivity contribution is -0.115. The van der Waals surface area contributed by atoms with E-state index >= 15 is 0 Å². The minimum Gasteiger partial charge on any atom is -0.367 e. The highest BCUT2D eigenvalue weighted by Gasteiger charge is 2.22. The Hall–Kier alpha value is -3.11. The van der Waals surface area contributed by atoms with E-state index in [9.17, 15) is 18.0 Å². The van der Waals surface area contributed by atoms with Crippen LogP contribution in [0.4, 0.5) is 17.1 Å². The fourth-order valence-corrected chi connectivity index (χ4v) is 4.59. The van der Waals surface area contributed by atoms with Gasteiger partial charge in [0.25, 0.3) is 15.9 Å². The van der Waals surface area contributed by atoms with E-state index in [0.717, 1.165) is 38.3 Å². The minimum atomic E-state index is -3.93. The third-order valence-corrected chi connectivity index (χ3v) is 7.10. The number of sulfonamides is 1. The summed E-state index contributed by atoms with van der Waals surface area (Å²) in [6, 6.07) is 11.1. The van der Waals surface area contributed by atoms with Crippen LogP contribution in [0.25, 0.3) is 0 Å². The van der Waals surface area contributed by atoms with Gasteiger partial charge in [-0.15, -0.1) is 0 Å². The maximum atomic E-state index is 13.2. The predicted molar refractivity (Wildman–Crippen MR) is 135 cm³/mol. The first-order chi connectivity index (χ1) is 16.2. The van der Waals surface area contributed by atoms with Gasteiger partial charge in [0, 0.05) is 49.9 Å². The molecule has 2 aromatic carbocycles. The van der Waals surface area contributed by atoms with Crippen LogP contribution in [-0.2, 0) is 14.8 Å². The summed E-state index contributed by atoms with van der Waals surface area (Å²) in [5, 5.41) is 8.90. The molecule has 1 atom stereocenters. The first-order valence-electron chi connectivity index (χ1n) is 11.6. The highest BCUT2D eigenvalue weighted by atomic mass is 32.2. The van der Waals surface area contributed by atoms with Crippen molar-refractivity contribution >= 4 is 38.9 Å². The van der Waals surface area contributed by atoms with Crippen molar-refractivity contribution in [1.82, 2.24) is 10.6 Å². The standard InChI is InChI=1S/C24H33N5O4S/c1-4-17(3)26-24(31)18-6-11-22(29-14-12-25-13-15-29)21(16-18)28-34(32,33)20-9-7-19(8-10-20)27-23(30)5-2/h6-11,16-17,25,28H,4-5,12-15H2,1-3H3,(H,26,31)(H,27,30)/t17-/m1/s1. The number of rotatable bonds is 9. The summed E-state index contributed by atoms with van der Waals surface area (Å²) in [5.41, 5.74) is 1.98. The second-order valence-electron chi connectivity index (χ2n) is 8.28. The molecule has 2 aromatic rings. The van der Waals surface area contributed by atoms with Gasteiger partial charge in [-0.05, 0) is 55.8 Å². The molecule has 0 bridgehead atoms. The van der Waals surface area contributed by atoms with Gasteiger partial charge in [0.15, 0.2) is 0 Å². The molecule has 0 unspecified atom stereocenters. The third kappa shape index (κ3) is 6.48. The Bertz CT molecular complexity index is 1110. The van der Waals surface area contributed by atoms with Crippen LogP contribution in [0.15, 0.2) is 47.4 Å². The monoisotopic (exact) mass is 487 g/mol. The van der Waals surface area contributed by atoms with Gasteiger partial charge in [-0.1, -0.05) is 13.8 Å². The molecule has 2 amide bonds. The summed E-state index contributed by atoms with van der Waals surface area (Å²) in [4.78, 5) is 26.4. The third-order valence-electron chi connectivity index (χ3n) is 5.72. The lowest BCUT2D eigenvalue weighted by atomic mass is 10.1. The van der Waals surface area contributed by atoms with Crippen LogP contribution >= 0.6 is 0 Å². The predicted octanol–water partition coefficient (Wildman–Crippen LogP) is 2.77. The molecule has 10 heteroatoms. The highest BCUT2D eigenvalue weighted by Crippen LogP contribution is 2.30. The largest absolute Gasteiger partial charge is 0.367 e. The Morgan fingerprint density at radius 1 is 1.06 bits per heavy atom. The molecule has 34 heavy (non-hydrogen) atoms. The lowest BCUT2D eigenvalue weighted by Gasteiger charge is -2.31. The highest BCUT2D eigenvalue weighted by molar-refractivity contribution is 7.92. The fraction of sp³-hybridized carbons (Fsp3) is 0.417. The molecule has 1 fully saturated rings. The molecule has 184 valence electrons. The zero-order valence-corrected chi connectivity index (χ0v) is 20.7. The summed E-state index contributed by atoms with van der Waals surface area (Å²) in [6.45, 7) is 8.66. The molecule has 0 aliphatic carbocycles. The molecular formula is C24H33N5O4S. The van der Waals surface area contributed by atoms with E-state index in [4.69, 9.17) is 0 Å². The van der Waals surface area contributed by atoms with Gasteiger partial charge in [-0.3, -0.25) is 14.3 Å². The van der Waals surface area contributed by atoms with Crippen molar-refractivity contribution in [2.75, 3.05) is 41.1 Å². The van der Waals surface area contributed by atoms with Crippen molar-refractivity contribution in [3.8, 4) is 0 Å². The van der Waals surface area contributed by atoms with E-state index in [0.29, 0.717) is 23.4 Å². The molecule has 0 saturated carbocycles. The van der Waals surface area contributed by atoms with Gasteiger partial charge in [0.2, 0.25) is 5.91 Å². The van der Waals surface area contributed by atoms with Gasteiger partial charge in [-0.25, -0.2) is 8.42 Å². The summed E-state index contributed by atoms with van der Waals surface area (Å²) >= 11 is 0. The molecule has 1 aliphatic heterocycles. The number of benzene rings is 2. The van der Waals surface area contributed by atoms with Gasteiger partial charge in [0.1, 0.15) is 0 Å². The number of piperazine rings is 1. The van der Waals surface area contributed by atoms with Crippen molar-refractivity contribution in [2.24, 2.45) is 0 Å². The molecule has 1 heterocycles. The second-order valence-corrected chi connectivity index (χ2v) is 9.97. The number of nitrogens with zero attached hydrogens (tertiary/aromatic N) is 1. The van der Waals surface area contributed by atoms with Crippen LogP contribution < -0.4 is 25.6 Å². The van der Waals surface area contributed by atoms with Crippen molar-refractivity contribution in [3.05, 3.63) is 48.0 Å². The zero-order chi connectivity index (χ0) is 24.7. The van der Waals surface area contributed by atoms with Crippen LogP contribution in [0, 0.1) is 0 Å². The normalized spacial score (nSPS) is 14.9. The average molecular weight is 488 g/mol. The molecule has 1 saturated heterocycles. The molecule has 0 aromatic heterocycles. The molecule has 1 aliphatic rings. The maximum absolute atomic E-state index is 13.2. The molecule has 3 rings (SSSR count). The number of nitrogens with one attached hydrogen (secondary N) is 4. The van der Waals surface area contributed by atoms with Crippen molar-refractivity contribution < 1.29 is 18.0 Å². The first kappa shape index (κ1) is 25.5. The Labute approximate surface area is 201 Å². The van der Waals surface area contributed by atoms with Crippen LogP contribution in [0.5, 0.6) is 0 Å². The van der Waals surface area contributed by atoms with E-state index in [-0.39, 0.29) is 22.8 Å². The van der Waals surface area contributed by atoms with Gasteiger partial charge in [0.05, 0.1) is 16.3 Å². The SMILES string of the molecule is CCC(=O)Nc1ccc(S(=O)(=O)Nc2cc(C(=O)N[C@H](C)CC)ccc2N2CCNCC2)cc1. The first-order valence-corrected chi connectivity index (χ1v) is 13.0. The quantitative estimate of drug-likeness (QED) is 0.432. The molecular weight excluding hydrogens is 454 g/mol. The molecule has 4 N–H and O–H groups in total. The Morgan fingerprint density at radius 2 is 1.74 bits per heavy atom. The van der Waals surface area contributed by atoms with Crippen molar-refractivity contribution in [1.29, 1.82) is 0 Å². The van der Waals surface area contributed by atoms with E-state index in [1.165, 1.54) is 12.1 Å². The van der Waals surface area contributed by atoms with Gasteiger partial charge >= 0.3 is 0 Å². The molecule has 9 nitrogen and oxygen atoms in total. The number of amides is 2. The molecule has 0 spiro atoms. The number of carbonyl (C=O) groups is 2. The number of carbonyl (C=O) groups excluding carboxylic acids is 2. The van der Waals surface area contributed by atoms with Crippen LogP contribution in [0.3, 0.4) is 0 Å². The summed E-state index contributed by atoms with van der Waals surface area (Å²) in [7, 11) is -3.93. The summed E-state index contributed by atoms with van der Waals surface area (Å²) in [5.74, 6) is -0.403. The van der Waals surface area contributed by atoms with E-state index in [2.05, 4.69) is 25.6 Å². The lowest BCUT2D eigenvalue weighted by Crippen LogP contribution is -2.43. The van der Waals surface area contributed by atoms with E-state index < -0.39 is 10.0 Å². The number of anilines is 3. The van der Waals surface area contributed by atoms with Gasteiger partial charge in [-0.2, -0.15) is 0 Å². The Kier molecular flexibility index (Phi) is 8.51. The minimum absolute atomic E-state index is 0.00667. The summed E-state index contributed by atoms with van der Waals surface area (Å²) < 4.78 is 29.1. The Morgan fingerprint density at radius 3 is 2.35 bits per heavy atom. The number of hydrogen-bond acceptors (Lipinski definition) is 6. The van der Waals surface area contributed by atoms with Crippen molar-refractivity contribution in [2.45, 2.75) is 44.6 Å². The maximum Gasteiger partial charge on any atom is 0.261 e. The van der Waals surface area contributed by atoms with E-state index in [1.54, 1.807) is 37.3 Å². The fourth-order valence-electron chi connectivity index (χ4n) is 3.52. The van der Waals surface area contributed by atoms with E-state index in [1.807, 2.05) is 13.8 Å². The number of hydrogen-bond donors (Lipinski definition) is 4. The Balaban J connectivity index is 1.90. The van der Waals surface area contributed by atoms with Crippen LogP contribution in [0.2, 0.25) is 0 Å². The second kappa shape index (κ2) is 11.3. The van der Waals surface area contributed by atoms with Crippen molar-refractivity contribution in [3.63, 3.8) is 0 Å². The average Bonchev–Trinajstić information content (AvgIpc) is 2.84.